The van der Waals surface area contributed by atoms with Crippen LogP contribution in [-0.4, -0.2) is 44.4 Å². The third-order valence-corrected chi connectivity index (χ3v) is 3.42. The normalized spacial score (nSPS) is 12.0. The second kappa shape index (κ2) is 7.08. The number of carbonyl (C=O) groups is 1. The second-order valence-corrected chi connectivity index (χ2v) is 6.28. The number of aromatic nitrogens is 2. The van der Waals surface area contributed by atoms with E-state index in [2.05, 4.69) is 10.3 Å². The van der Waals surface area contributed by atoms with Crippen molar-refractivity contribution in [3.8, 4) is 0 Å². The summed E-state index contributed by atoms with van der Waals surface area (Å²) in [5.41, 5.74) is 6.89. The fourth-order valence-corrected chi connectivity index (χ4v) is 2.46. The van der Waals surface area contributed by atoms with Gasteiger partial charge in [0.25, 0.3) is 5.91 Å². The van der Waals surface area contributed by atoms with E-state index < -0.39 is 11.5 Å². The van der Waals surface area contributed by atoms with E-state index in [0.717, 1.165) is 17.6 Å². The van der Waals surface area contributed by atoms with Crippen LogP contribution in [-0.2, 0) is 13.1 Å². The zero-order valence-electron chi connectivity index (χ0n) is 13.5. The van der Waals surface area contributed by atoms with Gasteiger partial charge in [-0.15, -0.1) is 0 Å². The summed E-state index contributed by atoms with van der Waals surface area (Å²) in [4.78, 5) is 15.9. The molecule has 0 unspecified atom stereocenters. The summed E-state index contributed by atoms with van der Waals surface area (Å²) in [5, 5.41) is 22.0. The van der Waals surface area contributed by atoms with Crippen LogP contribution in [0.25, 0.3) is 11.0 Å². The van der Waals surface area contributed by atoms with Crippen molar-refractivity contribution in [1.82, 2.24) is 14.9 Å². The van der Waals surface area contributed by atoms with E-state index in [4.69, 9.17) is 10.8 Å². The number of hydrogen-bond acceptors (Lipinski definition) is 5. The molecule has 0 saturated carbocycles. The van der Waals surface area contributed by atoms with E-state index in [0.29, 0.717) is 18.5 Å². The minimum atomic E-state index is -0.984. The summed E-state index contributed by atoms with van der Waals surface area (Å²) < 4.78 is 1.65. The van der Waals surface area contributed by atoms with Crippen molar-refractivity contribution in [2.75, 3.05) is 13.2 Å². The molecule has 0 aliphatic heterocycles. The summed E-state index contributed by atoms with van der Waals surface area (Å²) in [6.45, 7) is 5.12. The number of fused-ring (bicyclic) bond motifs is 1. The quantitative estimate of drug-likeness (QED) is 0.525. The first-order valence-corrected chi connectivity index (χ1v) is 7.65. The molecule has 5 N–H and O–H groups in total. The number of nitrogens with one attached hydrogen (secondary N) is 1. The summed E-state index contributed by atoms with van der Waals surface area (Å²) in [6, 6.07) is 5.72. The van der Waals surface area contributed by atoms with Crippen LogP contribution in [0, 0.1) is 0 Å². The summed E-state index contributed by atoms with van der Waals surface area (Å²) in [7, 11) is 0. The number of carbonyl (C=O) groups excluding carboxylic acids is 1. The summed E-state index contributed by atoms with van der Waals surface area (Å²) in [6.07, 6.45) is 0.703. The Kier molecular flexibility index (Phi) is 5.35. The molecule has 0 fully saturated rings. The largest absolute Gasteiger partial charge is 0.396 e. The number of nitrogens with two attached hydrogens (primary N) is 1. The average Bonchev–Trinajstić information content (AvgIpc) is 2.80. The maximum absolute atomic E-state index is 11.6. The van der Waals surface area contributed by atoms with Crippen LogP contribution in [0.5, 0.6) is 0 Å². The van der Waals surface area contributed by atoms with E-state index >= 15 is 0 Å². The molecule has 7 heteroatoms. The highest BCUT2D eigenvalue weighted by molar-refractivity contribution is 5.93. The Hall–Kier alpha value is -1.96. The highest BCUT2D eigenvalue weighted by Gasteiger charge is 2.21. The molecule has 23 heavy (non-hydrogen) atoms. The Bertz CT molecular complexity index is 688. The van der Waals surface area contributed by atoms with E-state index in [1.165, 1.54) is 0 Å². The lowest BCUT2D eigenvalue weighted by molar-refractivity contribution is 0.0614. The SMILES string of the molecule is CC(C)(O)Cn1c(C(N)=O)nc2cc(CNCCCO)ccc21. The monoisotopic (exact) mass is 320 g/mol. The molecule has 1 amide bonds. The number of rotatable bonds is 8. The second-order valence-electron chi connectivity index (χ2n) is 6.28. The van der Waals surface area contributed by atoms with Gasteiger partial charge in [-0.2, -0.15) is 0 Å². The number of amides is 1. The van der Waals surface area contributed by atoms with E-state index in [-0.39, 0.29) is 19.0 Å². The molecule has 0 atom stereocenters. The van der Waals surface area contributed by atoms with E-state index in [1.54, 1.807) is 18.4 Å². The molecule has 7 nitrogen and oxygen atoms in total. The molecule has 1 aromatic carbocycles. The minimum Gasteiger partial charge on any atom is -0.396 e. The molecule has 0 spiro atoms. The lowest BCUT2D eigenvalue weighted by atomic mass is 10.1. The van der Waals surface area contributed by atoms with Gasteiger partial charge in [0.05, 0.1) is 23.2 Å². The van der Waals surface area contributed by atoms with Crippen molar-refractivity contribution in [2.24, 2.45) is 5.73 Å². The average molecular weight is 320 g/mol. The highest BCUT2D eigenvalue weighted by Crippen LogP contribution is 2.20. The highest BCUT2D eigenvalue weighted by atomic mass is 16.3. The number of imidazole rings is 1. The van der Waals surface area contributed by atoms with Crippen molar-refractivity contribution in [1.29, 1.82) is 0 Å². The van der Waals surface area contributed by atoms with E-state index in [1.807, 2.05) is 18.2 Å². The maximum atomic E-state index is 11.6. The standard InChI is InChI=1S/C16H24N4O3/c1-16(2,23)10-20-13-5-4-11(9-18-6-3-7-21)8-12(13)19-15(20)14(17)22/h4-5,8,18,21,23H,3,6-7,9-10H2,1-2H3,(H2,17,22). The third-order valence-electron chi connectivity index (χ3n) is 3.42. The molecule has 1 aromatic heterocycles. The molecular formula is C16H24N4O3. The first-order valence-electron chi connectivity index (χ1n) is 7.65. The van der Waals surface area contributed by atoms with Crippen LogP contribution < -0.4 is 11.1 Å². The number of nitrogens with zero attached hydrogens (tertiary/aromatic N) is 2. The molecular weight excluding hydrogens is 296 g/mol. The Morgan fingerprint density at radius 1 is 1.43 bits per heavy atom. The zero-order valence-corrected chi connectivity index (χ0v) is 13.5. The van der Waals surface area contributed by atoms with Crippen molar-refractivity contribution in [2.45, 2.75) is 39.0 Å². The molecule has 126 valence electrons. The fraction of sp³-hybridized carbons (Fsp3) is 0.500. The van der Waals surface area contributed by atoms with Crippen LogP contribution in [0.3, 0.4) is 0 Å². The molecule has 0 aliphatic rings. The molecule has 0 bridgehead atoms. The van der Waals surface area contributed by atoms with Crippen LogP contribution in [0.4, 0.5) is 0 Å². The number of benzene rings is 1. The van der Waals surface area contributed by atoms with Crippen molar-refractivity contribution in [3.63, 3.8) is 0 Å². The summed E-state index contributed by atoms with van der Waals surface area (Å²) in [5.74, 6) is -0.472. The molecule has 2 aromatic rings. The Balaban J connectivity index is 2.31. The van der Waals surface area contributed by atoms with Gasteiger partial charge >= 0.3 is 0 Å². The maximum Gasteiger partial charge on any atom is 0.284 e. The Morgan fingerprint density at radius 3 is 2.78 bits per heavy atom. The van der Waals surface area contributed by atoms with Gasteiger partial charge in [0.2, 0.25) is 0 Å². The Labute approximate surface area is 135 Å². The van der Waals surface area contributed by atoms with Gasteiger partial charge in [0, 0.05) is 13.2 Å². The summed E-state index contributed by atoms with van der Waals surface area (Å²) >= 11 is 0. The lowest BCUT2D eigenvalue weighted by Gasteiger charge is -2.19. The molecule has 0 saturated heterocycles. The molecule has 0 aliphatic carbocycles. The number of primary amides is 1. The van der Waals surface area contributed by atoms with Gasteiger partial charge in [-0.25, -0.2) is 4.98 Å². The molecule has 1 heterocycles. The number of hydrogen-bond donors (Lipinski definition) is 4. The van der Waals surface area contributed by atoms with Crippen LogP contribution >= 0.6 is 0 Å². The van der Waals surface area contributed by atoms with Crippen molar-refractivity contribution < 1.29 is 15.0 Å². The number of aliphatic hydroxyl groups excluding tert-OH is 1. The fourth-order valence-electron chi connectivity index (χ4n) is 2.46. The van der Waals surface area contributed by atoms with Gasteiger partial charge in [-0.05, 0) is 44.5 Å². The number of aliphatic hydroxyl groups is 2. The van der Waals surface area contributed by atoms with Gasteiger partial charge in [-0.3, -0.25) is 4.79 Å². The van der Waals surface area contributed by atoms with Crippen LogP contribution in [0.2, 0.25) is 0 Å². The van der Waals surface area contributed by atoms with Gasteiger partial charge in [0.1, 0.15) is 0 Å². The zero-order chi connectivity index (χ0) is 17.0. The smallest absolute Gasteiger partial charge is 0.284 e. The Morgan fingerprint density at radius 2 is 2.17 bits per heavy atom. The predicted octanol–water partition coefficient (Wildman–Crippen LogP) is 0.378. The topological polar surface area (TPSA) is 113 Å². The predicted molar refractivity (Wildman–Crippen MR) is 88.0 cm³/mol. The van der Waals surface area contributed by atoms with Gasteiger partial charge in [-0.1, -0.05) is 6.07 Å². The lowest BCUT2D eigenvalue weighted by Crippen LogP contribution is -2.29. The van der Waals surface area contributed by atoms with Gasteiger partial charge in [0.15, 0.2) is 5.82 Å². The third kappa shape index (κ3) is 4.51. The minimum absolute atomic E-state index is 0.146. The first-order chi connectivity index (χ1) is 10.8. The first kappa shape index (κ1) is 17.4. The van der Waals surface area contributed by atoms with Crippen LogP contribution in [0.1, 0.15) is 36.5 Å². The van der Waals surface area contributed by atoms with E-state index in [9.17, 15) is 9.90 Å². The molecule has 2 rings (SSSR count). The van der Waals surface area contributed by atoms with Crippen molar-refractivity contribution in [3.05, 3.63) is 29.6 Å². The molecule has 0 radical (unpaired) electrons. The van der Waals surface area contributed by atoms with Crippen LogP contribution in [0.15, 0.2) is 18.2 Å². The van der Waals surface area contributed by atoms with Crippen molar-refractivity contribution >= 4 is 16.9 Å². The van der Waals surface area contributed by atoms with Gasteiger partial charge < -0.3 is 25.8 Å².